The van der Waals surface area contributed by atoms with Crippen LogP contribution >= 0.6 is 11.6 Å². The van der Waals surface area contributed by atoms with Crippen LogP contribution in [0.2, 0.25) is 5.28 Å². The second-order valence-corrected chi connectivity index (χ2v) is 6.21. The van der Waals surface area contributed by atoms with E-state index in [1.165, 1.54) is 23.7 Å². The molecule has 0 spiro atoms. The summed E-state index contributed by atoms with van der Waals surface area (Å²) >= 11 is 5.96. The third-order valence-electron chi connectivity index (χ3n) is 3.93. The molecule has 8 heteroatoms. The predicted octanol–water partition coefficient (Wildman–Crippen LogP) is 4.21. The summed E-state index contributed by atoms with van der Waals surface area (Å²) in [5.74, 6) is -0.581. The summed E-state index contributed by atoms with van der Waals surface area (Å²) < 4.78 is 15.2. The highest BCUT2D eigenvalue weighted by molar-refractivity contribution is 6.28. The average molecular weight is 382 g/mol. The minimum Gasteiger partial charge on any atom is -0.326 e. The third kappa shape index (κ3) is 3.37. The Labute approximate surface area is 158 Å². The lowest BCUT2D eigenvalue weighted by Gasteiger charge is -2.06. The lowest BCUT2D eigenvalue weighted by molar-refractivity contribution is -0.114. The van der Waals surface area contributed by atoms with Gasteiger partial charge in [0, 0.05) is 24.4 Å². The highest BCUT2D eigenvalue weighted by Crippen LogP contribution is 2.35. The SMILES string of the molecule is CC(=O)Nc1cccc(-c2nn3cc(F)ccc3c2-c2ccnc(Cl)n2)c1. The van der Waals surface area contributed by atoms with E-state index in [0.29, 0.717) is 28.2 Å². The molecule has 4 rings (SSSR count). The van der Waals surface area contributed by atoms with Gasteiger partial charge in [0.05, 0.1) is 23.0 Å². The molecule has 3 heterocycles. The number of amides is 1. The number of hydrogen-bond acceptors (Lipinski definition) is 4. The number of carbonyl (C=O) groups is 1. The molecule has 0 bridgehead atoms. The van der Waals surface area contributed by atoms with E-state index in [1.54, 1.807) is 30.5 Å². The van der Waals surface area contributed by atoms with Gasteiger partial charge in [0.25, 0.3) is 0 Å². The second-order valence-electron chi connectivity index (χ2n) is 5.87. The number of nitrogens with zero attached hydrogens (tertiary/aromatic N) is 4. The first kappa shape index (κ1) is 17.1. The molecular weight excluding hydrogens is 369 g/mol. The summed E-state index contributed by atoms with van der Waals surface area (Å²) in [6, 6.07) is 12.0. The van der Waals surface area contributed by atoms with E-state index < -0.39 is 5.82 Å². The van der Waals surface area contributed by atoms with E-state index in [-0.39, 0.29) is 11.2 Å². The van der Waals surface area contributed by atoms with Crippen molar-refractivity contribution in [1.29, 1.82) is 0 Å². The zero-order valence-electron chi connectivity index (χ0n) is 14.1. The highest BCUT2D eigenvalue weighted by Gasteiger charge is 2.18. The number of benzene rings is 1. The van der Waals surface area contributed by atoms with Crippen LogP contribution < -0.4 is 5.32 Å². The lowest BCUT2D eigenvalue weighted by atomic mass is 10.0. The van der Waals surface area contributed by atoms with Crippen LogP contribution in [-0.2, 0) is 4.79 Å². The number of aromatic nitrogens is 4. The smallest absolute Gasteiger partial charge is 0.222 e. The first-order valence-corrected chi connectivity index (χ1v) is 8.44. The summed E-state index contributed by atoms with van der Waals surface area (Å²) in [4.78, 5) is 19.6. The molecule has 0 atom stereocenters. The number of fused-ring (bicyclic) bond motifs is 1. The Morgan fingerprint density at radius 2 is 2.07 bits per heavy atom. The minimum atomic E-state index is -0.407. The van der Waals surface area contributed by atoms with Crippen molar-refractivity contribution in [1.82, 2.24) is 19.6 Å². The molecule has 6 nitrogen and oxygen atoms in total. The van der Waals surface area contributed by atoms with Crippen LogP contribution in [0.3, 0.4) is 0 Å². The molecule has 0 saturated heterocycles. The van der Waals surface area contributed by atoms with Crippen molar-refractivity contribution in [2.24, 2.45) is 0 Å². The Bertz CT molecular complexity index is 1170. The van der Waals surface area contributed by atoms with Crippen molar-refractivity contribution in [3.8, 4) is 22.5 Å². The molecule has 1 amide bonds. The number of rotatable bonds is 3. The Kier molecular flexibility index (Phi) is 4.29. The summed E-state index contributed by atoms with van der Waals surface area (Å²) in [7, 11) is 0. The Hall–Kier alpha value is -3.32. The van der Waals surface area contributed by atoms with Crippen LogP contribution in [0.5, 0.6) is 0 Å². The Morgan fingerprint density at radius 1 is 1.22 bits per heavy atom. The molecule has 1 aromatic carbocycles. The van der Waals surface area contributed by atoms with Gasteiger partial charge in [-0.3, -0.25) is 4.79 Å². The van der Waals surface area contributed by atoms with Crippen molar-refractivity contribution in [2.45, 2.75) is 6.92 Å². The van der Waals surface area contributed by atoms with Crippen molar-refractivity contribution in [3.63, 3.8) is 0 Å². The number of carbonyl (C=O) groups excluding carboxylic acids is 1. The van der Waals surface area contributed by atoms with Gasteiger partial charge in [-0.15, -0.1) is 0 Å². The fraction of sp³-hybridized carbons (Fsp3) is 0.0526. The number of hydrogen-bond donors (Lipinski definition) is 1. The largest absolute Gasteiger partial charge is 0.326 e. The Morgan fingerprint density at radius 3 is 2.85 bits per heavy atom. The number of halogens is 2. The number of pyridine rings is 1. The molecule has 0 aliphatic carbocycles. The van der Waals surface area contributed by atoms with Crippen LogP contribution in [0.15, 0.2) is 54.9 Å². The molecule has 0 radical (unpaired) electrons. The topological polar surface area (TPSA) is 72.2 Å². The molecule has 27 heavy (non-hydrogen) atoms. The van der Waals surface area contributed by atoms with E-state index >= 15 is 0 Å². The van der Waals surface area contributed by atoms with E-state index in [4.69, 9.17) is 11.6 Å². The van der Waals surface area contributed by atoms with Gasteiger partial charge in [-0.25, -0.2) is 18.9 Å². The summed E-state index contributed by atoms with van der Waals surface area (Å²) in [6.45, 7) is 1.44. The second kappa shape index (κ2) is 6.77. The first-order chi connectivity index (χ1) is 13.0. The van der Waals surface area contributed by atoms with Gasteiger partial charge < -0.3 is 5.32 Å². The monoisotopic (exact) mass is 381 g/mol. The van der Waals surface area contributed by atoms with Gasteiger partial charge in [0.1, 0.15) is 11.5 Å². The van der Waals surface area contributed by atoms with Crippen molar-refractivity contribution in [2.75, 3.05) is 5.32 Å². The summed E-state index contributed by atoms with van der Waals surface area (Å²) in [5.41, 5.74) is 3.90. The molecule has 0 fully saturated rings. The molecule has 0 unspecified atom stereocenters. The molecule has 134 valence electrons. The van der Waals surface area contributed by atoms with E-state index in [2.05, 4.69) is 20.4 Å². The fourth-order valence-corrected chi connectivity index (χ4v) is 3.05. The van der Waals surface area contributed by atoms with Crippen molar-refractivity contribution < 1.29 is 9.18 Å². The van der Waals surface area contributed by atoms with Crippen LogP contribution in [0, 0.1) is 5.82 Å². The maximum Gasteiger partial charge on any atom is 0.222 e. The van der Waals surface area contributed by atoms with E-state index in [1.807, 2.05) is 12.1 Å². The number of nitrogens with one attached hydrogen (secondary N) is 1. The third-order valence-corrected chi connectivity index (χ3v) is 4.11. The van der Waals surface area contributed by atoms with Gasteiger partial charge in [-0.1, -0.05) is 12.1 Å². The fourth-order valence-electron chi connectivity index (χ4n) is 2.90. The first-order valence-electron chi connectivity index (χ1n) is 8.06. The molecular formula is C19H13ClFN5O. The predicted molar refractivity (Wildman–Crippen MR) is 101 cm³/mol. The van der Waals surface area contributed by atoms with Crippen molar-refractivity contribution in [3.05, 3.63) is 66.0 Å². The minimum absolute atomic E-state index is 0.104. The van der Waals surface area contributed by atoms with Crippen LogP contribution in [0.25, 0.3) is 28.0 Å². The van der Waals surface area contributed by atoms with Gasteiger partial charge in [-0.05, 0) is 41.9 Å². The Balaban J connectivity index is 1.97. The summed E-state index contributed by atoms with van der Waals surface area (Å²) in [6.07, 6.45) is 2.85. The molecule has 0 saturated carbocycles. The van der Waals surface area contributed by atoms with Crippen LogP contribution in [-0.4, -0.2) is 25.5 Å². The van der Waals surface area contributed by atoms with Crippen LogP contribution in [0.1, 0.15) is 6.92 Å². The maximum atomic E-state index is 13.7. The van der Waals surface area contributed by atoms with Gasteiger partial charge >= 0.3 is 0 Å². The zero-order valence-corrected chi connectivity index (χ0v) is 14.9. The quantitative estimate of drug-likeness (QED) is 0.539. The molecule has 0 aliphatic heterocycles. The maximum absolute atomic E-state index is 13.7. The van der Waals surface area contributed by atoms with E-state index in [9.17, 15) is 9.18 Å². The summed E-state index contributed by atoms with van der Waals surface area (Å²) in [5, 5.41) is 7.38. The molecule has 1 N–H and O–H groups in total. The normalized spacial score (nSPS) is 10.9. The van der Waals surface area contributed by atoms with Gasteiger partial charge in [0.2, 0.25) is 11.2 Å². The number of anilines is 1. The molecule has 4 aromatic rings. The van der Waals surface area contributed by atoms with Gasteiger partial charge in [0.15, 0.2) is 0 Å². The van der Waals surface area contributed by atoms with Gasteiger partial charge in [-0.2, -0.15) is 5.10 Å². The van der Waals surface area contributed by atoms with E-state index in [0.717, 1.165) is 5.56 Å². The zero-order chi connectivity index (χ0) is 19.0. The van der Waals surface area contributed by atoms with Crippen LogP contribution in [0.4, 0.5) is 10.1 Å². The standard InChI is InChI=1S/C19H13ClFN5O/c1-11(27)23-14-4-2-3-12(9-14)18-17(15-7-8-22-19(20)24-15)16-6-5-13(21)10-26(16)25-18/h2-10H,1H3,(H,23,27). The molecule has 3 aromatic heterocycles. The highest BCUT2D eigenvalue weighted by atomic mass is 35.5. The lowest BCUT2D eigenvalue weighted by Crippen LogP contribution is -2.05. The van der Waals surface area contributed by atoms with Crippen molar-refractivity contribution >= 4 is 28.7 Å². The average Bonchev–Trinajstić information content (AvgIpc) is 3.00. The molecule has 0 aliphatic rings.